The van der Waals surface area contributed by atoms with Crippen LogP contribution in [0, 0.1) is 11.3 Å². The van der Waals surface area contributed by atoms with Crippen molar-refractivity contribution in [1.29, 1.82) is 5.26 Å². The first kappa shape index (κ1) is 19.7. The number of rotatable bonds is 3. The molecule has 0 atom stereocenters. The minimum Gasteiger partial charge on any atom is -0.368 e. The molecule has 0 radical (unpaired) electrons. The molecule has 4 heteroatoms. The number of anilines is 1. The number of carbonyl (C=O) groups excluding carboxylic acids is 1. The lowest BCUT2D eigenvalue weighted by atomic mass is 9.86. The topological polar surface area (TPSA) is 47.3 Å². The molecule has 1 heterocycles. The first-order chi connectivity index (χ1) is 13.4. The second kappa shape index (κ2) is 8.31. The van der Waals surface area contributed by atoms with Gasteiger partial charge in [-0.1, -0.05) is 63.2 Å². The summed E-state index contributed by atoms with van der Waals surface area (Å²) < 4.78 is 0. The van der Waals surface area contributed by atoms with Crippen LogP contribution < -0.4 is 4.90 Å². The number of hydrogen-bond donors (Lipinski definition) is 0. The molecule has 0 aliphatic carbocycles. The molecule has 3 rings (SSSR count). The fraction of sp³-hybridized carbons (Fsp3) is 0.333. The van der Waals surface area contributed by atoms with E-state index in [0.29, 0.717) is 13.1 Å². The molecule has 1 fully saturated rings. The number of nitrogens with zero attached hydrogens (tertiary/aromatic N) is 3. The van der Waals surface area contributed by atoms with Crippen molar-refractivity contribution in [3.05, 3.63) is 71.3 Å². The van der Waals surface area contributed by atoms with Crippen molar-refractivity contribution >= 4 is 17.7 Å². The molecule has 1 saturated heterocycles. The molecule has 2 aromatic rings. The first-order valence-corrected chi connectivity index (χ1v) is 9.70. The predicted octanol–water partition coefficient (Wildman–Crippen LogP) is 4.24. The van der Waals surface area contributed by atoms with Crippen molar-refractivity contribution in [3.8, 4) is 6.07 Å². The molecule has 0 saturated carbocycles. The van der Waals surface area contributed by atoms with Gasteiger partial charge in [-0.3, -0.25) is 4.79 Å². The van der Waals surface area contributed by atoms with Gasteiger partial charge in [-0.25, -0.2) is 0 Å². The Balaban J connectivity index is 1.67. The van der Waals surface area contributed by atoms with E-state index in [4.69, 9.17) is 0 Å². The molecule has 28 heavy (non-hydrogen) atoms. The number of hydrogen-bond acceptors (Lipinski definition) is 3. The zero-order chi connectivity index (χ0) is 20.1. The molecule has 0 bridgehead atoms. The van der Waals surface area contributed by atoms with E-state index in [1.165, 1.54) is 11.3 Å². The molecular formula is C24H27N3O. The summed E-state index contributed by atoms with van der Waals surface area (Å²) in [6.07, 6.45) is 1.69. The lowest BCUT2D eigenvalue weighted by Gasteiger charge is -2.36. The smallest absolute Gasteiger partial charge is 0.264 e. The molecule has 1 amide bonds. The number of carbonyl (C=O) groups is 1. The van der Waals surface area contributed by atoms with Gasteiger partial charge in [0.05, 0.1) is 0 Å². The summed E-state index contributed by atoms with van der Waals surface area (Å²) in [6.45, 7) is 9.28. The standard InChI is InChI=1S/C24H27N3O/c1-24(2,3)21-11-9-19(10-12-21)17-20(18-25)23(28)27-15-13-26(14-16-27)22-7-5-4-6-8-22/h4-12,17H,13-16H2,1-3H3/b20-17-. The lowest BCUT2D eigenvalue weighted by molar-refractivity contribution is -0.126. The van der Waals surface area contributed by atoms with E-state index in [1.54, 1.807) is 11.0 Å². The number of piperazine rings is 1. The molecule has 0 unspecified atom stereocenters. The maximum atomic E-state index is 12.8. The van der Waals surface area contributed by atoms with Crippen LogP contribution in [0.3, 0.4) is 0 Å². The second-order valence-corrected chi connectivity index (χ2v) is 8.16. The molecule has 2 aromatic carbocycles. The summed E-state index contributed by atoms with van der Waals surface area (Å²) in [7, 11) is 0. The molecule has 144 valence electrons. The van der Waals surface area contributed by atoms with E-state index in [0.717, 1.165) is 18.7 Å². The van der Waals surface area contributed by atoms with E-state index in [9.17, 15) is 10.1 Å². The maximum Gasteiger partial charge on any atom is 0.264 e. The van der Waals surface area contributed by atoms with Crippen molar-refractivity contribution in [2.45, 2.75) is 26.2 Å². The van der Waals surface area contributed by atoms with Crippen molar-refractivity contribution in [2.75, 3.05) is 31.1 Å². The summed E-state index contributed by atoms with van der Waals surface area (Å²) >= 11 is 0. The van der Waals surface area contributed by atoms with Crippen molar-refractivity contribution in [2.24, 2.45) is 0 Å². The van der Waals surface area contributed by atoms with E-state index < -0.39 is 0 Å². The third-order valence-electron chi connectivity index (χ3n) is 5.13. The van der Waals surface area contributed by atoms with Crippen LogP contribution in [0.15, 0.2) is 60.2 Å². The summed E-state index contributed by atoms with van der Waals surface area (Å²) in [4.78, 5) is 16.9. The Morgan fingerprint density at radius 3 is 2.11 bits per heavy atom. The van der Waals surface area contributed by atoms with Gasteiger partial charge in [-0.15, -0.1) is 0 Å². The average Bonchev–Trinajstić information content (AvgIpc) is 2.72. The second-order valence-electron chi connectivity index (χ2n) is 8.16. The molecular weight excluding hydrogens is 346 g/mol. The average molecular weight is 374 g/mol. The number of para-hydroxylation sites is 1. The Kier molecular flexibility index (Phi) is 5.84. The highest BCUT2D eigenvalue weighted by Gasteiger charge is 2.24. The fourth-order valence-electron chi connectivity index (χ4n) is 3.36. The Morgan fingerprint density at radius 2 is 1.57 bits per heavy atom. The highest BCUT2D eigenvalue weighted by atomic mass is 16.2. The minimum atomic E-state index is -0.185. The van der Waals surface area contributed by atoms with Gasteiger partial charge >= 0.3 is 0 Å². The fourth-order valence-corrected chi connectivity index (χ4v) is 3.36. The highest BCUT2D eigenvalue weighted by molar-refractivity contribution is 6.01. The van der Waals surface area contributed by atoms with Crippen LogP contribution >= 0.6 is 0 Å². The van der Waals surface area contributed by atoms with E-state index in [2.05, 4.69) is 56.0 Å². The van der Waals surface area contributed by atoms with E-state index in [1.807, 2.05) is 30.3 Å². The van der Waals surface area contributed by atoms with Crippen LogP contribution in [0.25, 0.3) is 6.08 Å². The van der Waals surface area contributed by atoms with Crippen LogP contribution in [0.1, 0.15) is 31.9 Å². The van der Waals surface area contributed by atoms with Gasteiger partial charge in [-0.2, -0.15) is 5.26 Å². The molecule has 0 N–H and O–H groups in total. The molecule has 1 aliphatic rings. The molecule has 0 spiro atoms. The third kappa shape index (κ3) is 4.61. The maximum absolute atomic E-state index is 12.8. The number of nitriles is 1. The summed E-state index contributed by atoms with van der Waals surface area (Å²) in [5.74, 6) is -0.185. The van der Waals surface area contributed by atoms with Gasteiger partial charge in [0.15, 0.2) is 0 Å². The largest absolute Gasteiger partial charge is 0.368 e. The zero-order valence-corrected chi connectivity index (χ0v) is 16.9. The quantitative estimate of drug-likeness (QED) is 0.597. The Labute approximate surface area is 167 Å². The van der Waals surface area contributed by atoms with Gasteiger partial charge in [0.25, 0.3) is 5.91 Å². The number of amides is 1. The van der Waals surface area contributed by atoms with Gasteiger partial charge in [0, 0.05) is 31.9 Å². The Morgan fingerprint density at radius 1 is 0.964 bits per heavy atom. The van der Waals surface area contributed by atoms with Gasteiger partial charge in [0.2, 0.25) is 0 Å². The van der Waals surface area contributed by atoms with Crippen molar-refractivity contribution in [3.63, 3.8) is 0 Å². The van der Waals surface area contributed by atoms with Crippen LogP contribution in [0.4, 0.5) is 5.69 Å². The van der Waals surface area contributed by atoms with Crippen LogP contribution in [-0.4, -0.2) is 37.0 Å². The van der Waals surface area contributed by atoms with Crippen LogP contribution in [-0.2, 0) is 10.2 Å². The SMILES string of the molecule is CC(C)(C)c1ccc(/C=C(/C#N)C(=O)N2CCN(c3ccccc3)CC2)cc1. The highest BCUT2D eigenvalue weighted by Crippen LogP contribution is 2.23. The predicted molar refractivity (Wildman–Crippen MR) is 114 cm³/mol. The molecule has 4 nitrogen and oxygen atoms in total. The molecule has 1 aliphatic heterocycles. The molecule has 0 aromatic heterocycles. The first-order valence-electron chi connectivity index (χ1n) is 9.70. The zero-order valence-electron chi connectivity index (χ0n) is 16.9. The van der Waals surface area contributed by atoms with E-state index >= 15 is 0 Å². The lowest BCUT2D eigenvalue weighted by Crippen LogP contribution is -2.49. The monoisotopic (exact) mass is 373 g/mol. The minimum absolute atomic E-state index is 0.0779. The van der Waals surface area contributed by atoms with Crippen molar-refractivity contribution in [1.82, 2.24) is 4.90 Å². The number of benzene rings is 2. The van der Waals surface area contributed by atoms with Crippen molar-refractivity contribution < 1.29 is 4.79 Å². The Bertz CT molecular complexity index is 878. The van der Waals surface area contributed by atoms with E-state index in [-0.39, 0.29) is 16.9 Å². The Hall–Kier alpha value is -3.06. The normalized spacial score (nSPS) is 15.3. The van der Waals surface area contributed by atoms with Crippen LogP contribution in [0.5, 0.6) is 0 Å². The van der Waals surface area contributed by atoms with Gasteiger partial charge < -0.3 is 9.80 Å². The van der Waals surface area contributed by atoms with Gasteiger partial charge in [-0.05, 0) is 34.8 Å². The van der Waals surface area contributed by atoms with Gasteiger partial charge in [0.1, 0.15) is 11.6 Å². The summed E-state index contributed by atoms with van der Waals surface area (Å²) in [6, 6.07) is 20.4. The summed E-state index contributed by atoms with van der Waals surface area (Å²) in [5.41, 5.74) is 3.54. The third-order valence-corrected chi connectivity index (χ3v) is 5.13. The summed E-state index contributed by atoms with van der Waals surface area (Å²) in [5, 5.41) is 9.53. The van der Waals surface area contributed by atoms with Crippen LogP contribution in [0.2, 0.25) is 0 Å².